The molecule has 0 spiro atoms. The maximum absolute atomic E-state index is 10.8. The third kappa shape index (κ3) is 4.50. The number of nitrogens with zero attached hydrogens (tertiary/aromatic N) is 2. The number of ether oxygens (including phenoxy) is 1. The van der Waals surface area contributed by atoms with Gasteiger partial charge in [0.05, 0.1) is 5.56 Å². The Balaban J connectivity index is 2.59. The minimum atomic E-state index is -1.05. The van der Waals surface area contributed by atoms with E-state index in [-0.39, 0.29) is 16.6 Å². The molecule has 0 fully saturated rings. The van der Waals surface area contributed by atoms with E-state index in [9.17, 15) is 4.79 Å². The van der Waals surface area contributed by atoms with Gasteiger partial charge in [0.15, 0.2) is 0 Å². The second-order valence-electron chi connectivity index (χ2n) is 3.70. The van der Waals surface area contributed by atoms with Crippen LogP contribution in [-0.2, 0) is 0 Å². The van der Waals surface area contributed by atoms with Gasteiger partial charge in [-0.15, -0.1) is 0 Å². The molecular formula is C12H17ClN2O3. The van der Waals surface area contributed by atoms with Gasteiger partial charge in [-0.3, -0.25) is 0 Å². The van der Waals surface area contributed by atoms with Gasteiger partial charge in [0, 0.05) is 12.6 Å². The summed E-state index contributed by atoms with van der Waals surface area (Å²) in [6.45, 7) is 7.26. The van der Waals surface area contributed by atoms with Crippen LogP contribution in [0.15, 0.2) is 12.1 Å². The van der Waals surface area contributed by atoms with E-state index in [1.807, 2.05) is 0 Å². The molecule has 1 N–H and O–H groups in total. The van der Waals surface area contributed by atoms with Crippen molar-refractivity contribution in [1.82, 2.24) is 9.88 Å². The Labute approximate surface area is 111 Å². The molecule has 0 radical (unpaired) electrons. The Morgan fingerprint density at radius 3 is 2.67 bits per heavy atom. The Hall–Kier alpha value is -1.33. The molecular weight excluding hydrogens is 256 g/mol. The van der Waals surface area contributed by atoms with Gasteiger partial charge in [-0.2, -0.15) is 0 Å². The van der Waals surface area contributed by atoms with Gasteiger partial charge in [0.2, 0.25) is 5.88 Å². The molecule has 1 aromatic heterocycles. The second-order valence-corrected chi connectivity index (χ2v) is 4.08. The number of aromatic carboxylic acids is 1. The van der Waals surface area contributed by atoms with Crippen molar-refractivity contribution in [3.05, 3.63) is 22.8 Å². The highest BCUT2D eigenvalue weighted by Crippen LogP contribution is 2.16. The van der Waals surface area contributed by atoms with Crippen molar-refractivity contribution in [2.75, 3.05) is 26.2 Å². The zero-order valence-electron chi connectivity index (χ0n) is 10.5. The molecule has 1 heterocycles. The van der Waals surface area contributed by atoms with E-state index < -0.39 is 5.97 Å². The van der Waals surface area contributed by atoms with Crippen LogP contribution in [0.5, 0.6) is 5.88 Å². The summed E-state index contributed by atoms with van der Waals surface area (Å²) in [5.74, 6) is -0.806. The smallest absolute Gasteiger partial charge is 0.335 e. The van der Waals surface area contributed by atoms with Gasteiger partial charge >= 0.3 is 5.97 Å². The lowest BCUT2D eigenvalue weighted by atomic mass is 10.3. The number of carboxylic acids is 1. The van der Waals surface area contributed by atoms with E-state index in [0.717, 1.165) is 19.6 Å². The van der Waals surface area contributed by atoms with Crippen molar-refractivity contribution in [1.29, 1.82) is 0 Å². The summed E-state index contributed by atoms with van der Waals surface area (Å²) in [4.78, 5) is 17.0. The molecule has 100 valence electrons. The predicted octanol–water partition coefficient (Wildman–Crippen LogP) is 2.15. The van der Waals surface area contributed by atoms with Crippen LogP contribution in [0.4, 0.5) is 0 Å². The largest absolute Gasteiger partial charge is 0.478 e. The highest BCUT2D eigenvalue weighted by atomic mass is 35.5. The quantitative estimate of drug-likeness (QED) is 0.771. The summed E-state index contributed by atoms with van der Waals surface area (Å²) in [5, 5.41) is 8.99. The zero-order valence-corrected chi connectivity index (χ0v) is 11.3. The highest BCUT2D eigenvalue weighted by molar-refractivity contribution is 6.29. The van der Waals surface area contributed by atoms with E-state index in [0.29, 0.717) is 6.61 Å². The van der Waals surface area contributed by atoms with Crippen LogP contribution < -0.4 is 4.74 Å². The van der Waals surface area contributed by atoms with Crippen molar-refractivity contribution in [3.8, 4) is 5.88 Å². The van der Waals surface area contributed by atoms with Crippen LogP contribution in [0.3, 0.4) is 0 Å². The van der Waals surface area contributed by atoms with Gasteiger partial charge < -0.3 is 14.7 Å². The minimum Gasteiger partial charge on any atom is -0.478 e. The maximum atomic E-state index is 10.8. The van der Waals surface area contributed by atoms with Crippen LogP contribution >= 0.6 is 11.6 Å². The summed E-state index contributed by atoms with van der Waals surface area (Å²) in [5.41, 5.74) is 0.0767. The number of rotatable bonds is 7. The fourth-order valence-corrected chi connectivity index (χ4v) is 1.69. The summed E-state index contributed by atoms with van der Waals surface area (Å²) in [6, 6.07) is 2.66. The number of carbonyl (C=O) groups is 1. The number of pyridine rings is 1. The van der Waals surface area contributed by atoms with E-state index in [4.69, 9.17) is 21.4 Å². The molecule has 5 nitrogen and oxygen atoms in total. The third-order valence-electron chi connectivity index (χ3n) is 2.57. The van der Waals surface area contributed by atoms with E-state index in [2.05, 4.69) is 23.7 Å². The zero-order chi connectivity index (χ0) is 13.5. The monoisotopic (exact) mass is 272 g/mol. The minimum absolute atomic E-state index is 0.0767. The number of hydrogen-bond donors (Lipinski definition) is 1. The Kier molecular flexibility index (Phi) is 5.88. The molecule has 0 atom stereocenters. The van der Waals surface area contributed by atoms with Crippen molar-refractivity contribution in [3.63, 3.8) is 0 Å². The average Bonchev–Trinajstić information content (AvgIpc) is 2.34. The second kappa shape index (κ2) is 7.18. The molecule has 0 aliphatic heterocycles. The van der Waals surface area contributed by atoms with Gasteiger partial charge in [-0.25, -0.2) is 9.78 Å². The molecule has 0 amide bonds. The van der Waals surface area contributed by atoms with Crippen molar-refractivity contribution >= 4 is 17.6 Å². The lowest BCUT2D eigenvalue weighted by molar-refractivity contribution is 0.0696. The first kappa shape index (κ1) is 14.7. The summed E-state index contributed by atoms with van der Waals surface area (Å²) in [7, 11) is 0. The molecule has 1 aromatic rings. The Bertz CT molecular complexity index is 408. The van der Waals surface area contributed by atoms with Gasteiger partial charge in [0.1, 0.15) is 11.8 Å². The van der Waals surface area contributed by atoms with Crippen LogP contribution in [0.2, 0.25) is 5.15 Å². The fraction of sp³-hybridized carbons (Fsp3) is 0.500. The van der Waals surface area contributed by atoms with Crippen LogP contribution in [0.1, 0.15) is 24.2 Å². The first-order valence-electron chi connectivity index (χ1n) is 5.82. The van der Waals surface area contributed by atoms with Gasteiger partial charge in [-0.1, -0.05) is 25.4 Å². The van der Waals surface area contributed by atoms with Gasteiger partial charge in [-0.05, 0) is 19.2 Å². The lowest BCUT2D eigenvalue weighted by Gasteiger charge is -2.17. The van der Waals surface area contributed by atoms with Crippen LogP contribution in [0.25, 0.3) is 0 Å². The molecule has 0 bridgehead atoms. The number of carboxylic acid groups (broad SMARTS) is 1. The number of hydrogen-bond acceptors (Lipinski definition) is 4. The SMILES string of the molecule is CCN(CC)CCOc1cc(C(=O)O)cc(Cl)n1. The highest BCUT2D eigenvalue weighted by Gasteiger charge is 2.08. The fourth-order valence-electron chi connectivity index (χ4n) is 1.49. The Morgan fingerprint density at radius 1 is 1.44 bits per heavy atom. The van der Waals surface area contributed by atoms with Crippen molar-refractivity contribution < 1.29 is 14.6 Å². The normalized spacial score (nSPS) is 10.7. The molecule has 0 aliphatic carbocycles. The molecule has 18 heavy (non-hydrogen) atoms. The summed E-state index contributed by atoms with van der Waals surface area (Å²) < 4.78 is 5.41. The predicted molar refractivity (Wildman–Crippen MR) is 69.5 cm³/mol. The van der Waals surface area contributed by atoms with Crippen molar-refractivity contribution in [2.45, 2.75) is 13.8 Å². The third-order valence-corrected chi connectivity index (χ3v) is 2.76. The molecule has 1 rings (SSSR count). The molecule has 0 aromatic carbocycles. The molecule has 0 unspecified atom stereocenters. The lowest BCUT2D eigenvalue weighted by Crippen LogP contribution is -2.28. The molecule has 0 saturated heterocycles. The summed E-state index contributed by atoms with van der Waals surface area (Å²) >= 11 is 5.73. The van der Waals surface area contributed by atoms with E-state index in [1.165, 1.54) is 12.1 Å². The Morgan fingerprint density at radius 2 is 2.11 bits per heavy atom. The van der Waals surface area contributed by atoms with Crippen LogP contribution in [0, 0.1) is 0 Å². The van der Waals surface area contributed by atoms with Crippen LogP contribution in [-0.4, -0.2) is 47.2 Å². The first-order chi connectivity index (χ1) is 8.56. The summed E-state index contributed by atoms with van der Waals surface area (Å²) in [6.07, 6.45) is 0. The maximum Gasteiger partial charge on any atom is 0.335 e. The topological polar surface area (TPSA) is 62.7 Å². The number of aromatic nitrogens is 1. The molecule has 6 heteroatoms. The van der Waals surface area contributed by atoms with Gasteiger partial charge in [0.25, 0.3) is 0 Å². The van der Waals surface area contributed by atoms with Crippen molar-refractivity contribution in [2.24, 2.45) is 0 Å². The first-order valence-corrected chi connectivity index (χ1v) is 6.20. The number of likely N-dealkylation sites (N-methyl/N-ethyl adjacent to an activating group) is 1. The number of halogens is 1. The molecule has 0 saturated carbocycles. The average molecular weight is 273 g/mol. The van der Waals surface area contributed by atoms with E-state index >= 15 is 0 Å². The van der Waals surface area contributed by atoms with E-state index in [1.54, 1.807) is 0 Å². The molecule has 0 aliphatic rings. The standard InChI is InChI=1S/C12H17ClN2O3/c1-3-15(4-2)5-6-18-11-8-9(12(16)17)7-10(13)14-11/h7-8H,3-6H2,1-2H3,(H,16,17).